The van der Waals surface area contributed by atoms with Gasteiger partial charge in [-0.3, -0.25) is 0 Å². The number of likely N-dealkylation sites (tertiary alicyclic amines) is 1. The number of nitrogens with zero attached hydrogens (tertiary/aromatic N) is 1. The SMILES string of the molecule is CC(C)(C)OC(=O)N1CCCCC(c2ccccc2)C1c1ccccc1. The van der Waals surface area contributed by atoms with Crippen LogP contribution in [0.5, 0.6) is 0 Å². The summed E-state index contributed by atoms with van der Waals surface area (Å²) in [5, 5.41) is 0. The Labute approximate surface area is 157 Å². The number of rotatable bonds is 2. The van der Waals surface area contributed by atoms with E-state index in [1.54, 1.807) is 0 Å². The summed E-state index contributed by atoms with van der Waals surface area (Å²) in [4.78, 5) is 15.0. The molecule has 3 rings (SSSR count). The minimum atomic E-state index is -0.493. The number of hydrogen-bond acceptors (Lipinski definition) is 2. The van der Waals surface area contributed by atoms with E-state index in [-0.39, 0.29) is 18.1 Å². The van der Waals surface area contributed by atoms with E-state index in [0.717, 1.165) is 25.8 Å². The van der Waals surface area contributed by atoms with Crippen molar-refractivity contribution in [3.05, 3.63) is 71.8 Å². The predicted molar refractivity (Wildman–Crippen MR) is 105 cm³/mol. The Kier molecular flexibility index (Phi) is 5.65. The zero-order chi connectivity index (χ0) is 18.6. The van der Waals surface area contributed by atoms with Crippen LogP contribution < -0.4 is 0 Å². The van der Waals surface area contributed by atoms with Crippen LogP contribution in [0.25, 0.3) is 0 Å². The fourth-order valence-corrected chi connectivity index (χ4v) is 3.80. The van der Waals surface area contributed by atoms with Crippen molar-refractivity contribution in [1.29, 1.82) is 0 Å². The third-order valence-corrected chi connectivity index (χ3v) is 4.88. The van der Waals surface area contributed by atoms with Gasteiger partial charge in [0.2, 0.25) is 0 Å². The Morgan fingerprint density at radius 2 is 1.50 bits per heavy atom. The highest BCUT2D eigenvalue weighted by molar-refractivity contribution is 5.69. The molecule has 3 nitrogen and oxygen atoms in total. The van der Waals surface area contributed by atoms with Gasteiger partial charge in [0, 0.05) is 12.5 Å². The molecule has 1 fully saturated rings. The number of amides is 1. The molecular formula is C23H29NO2. The Hall–Kier alpha value is -2.29. The van der Waals surface area contributed by atoms with E-state index < -0.39 is 5.60 Å². The van der Waals surface area contributed by atoms with Gasteiger partial charge in [-0.15, -0.1) is 0 Å². The quantitative estimate of drug-likeness (QED) is 0.671. The summed E-state index contributed by atoms with van der Waals surface area (Å²) in [5.74, 6) is 0.272. The second kappa shape index (κ2) is 7.94. The van der Waals surface area contributed by atoms with E-state index in [9.17, 15) is 4.79 Å². The lowest BCUT2D eigenvalue weighted by atomic mass is 9.84. The first-order valence-electron chi connectivity index (χ1n) is 9.55. The highest BCUT2D eigenvalue weighted by atomic mass is 16.6. The summed E-state index contributed by atoms with van der Waals surface area (Å²) in [6.45, 7) is 6.51. The van der Waals surface area contributed by atoms with E-state index in [2.05, 4.69) is 48.5 Å². The first kappa shape index (κ1) is 18.5. The molecule has 1 amide bonds. The second-order valence-electron chi connectivity index (χ2n) is 8.04. The van der Waals surface area contributed by atoms with Crippen molar-refractivity contribution >= 4 is 6.09 Å². The number of ether oxygens (including phenoxy) is 1. The van der Waals surface area contributed by atoms with Crippen LogP contribution in [-0.4, -0.2) is 23.1 Å². The van der Waals surface area contributed by atoms with Crippen molar-refractivity contribution in [3.8, 4) is 0 Å². The van der Waals surface area contributed by atoms with Crippen LogP contribution in [0.15, 0.2) is 60.7 Å². The predicted octanol–water partition coefficient (Wildman–Crippen LogP) is 5.93. The van der Waals surface area contributed by atoms with E-state index in [4.69, 9.17) is 4.74 Å². The zero-order valence-corrected chi connectivity index (χ0v) is 16.0. The molecule has 1 aliphatic heterocycles. The second-order valence-corrected chi connectivity index (χ2v) is 8.04. The summed E-state index contributed by atoms with van der Waals surface area (Å²) >= 11 is 0. The maximum absolute atomic E-state index is 13.0. The topological polar surface area (TPSA) is 29.5 Å². The minimum absolute atomic E-state index is 0.00375. The van der Waals surface area contributed by atoms with E-state index in [0.29, 0.717) is 0 Å². The highest BCUT2D eigenvalue weighted by Gasteiger charge is 2.36. The van der Waals surface area contributed by atoms with Crippen molar-refractivity contribution in [1.82, 2.24) is 4.90 Å². The lowest BCUT2D eigenvalue weighted by molar-refractivity contribution is 0.0145. The average molecular weight is 351 g/mol. The van der Waals surface area contributed by atoms with Gasteiger partial charge < -0.3 is 9.64 Å². The summed E-state index contributed by atoms with van der Waals surface area (Å²) in [7, 11) is 0. The smallest absolute Gasteiger partial charge is 0.410 e. The molecule has 0 aliphatic carbocycles. The fraction of sp³-hybridized carbons (Fsp3) is 0.435. The molecule has 0 spiro atoms. The van der Waals surface area contributed by atoms with Crippen LogP contribution in [0, 0.1) is 0 Å². The molecule has 0 saturated carbocycles. The van der Waals surface area contributed by atoms with Crippen LogP contribution in [-0.2, 0) is 4.74 Å². The molecule has 0 N–H and O–H groups in total. The van der Waals surface area contributed by atoms with Crippen LogP contribution in [0.2, 0.25) is 0 Å². The van der Waals surface area contributed by atoms with Crippen LogP contribution in [0.1, 0.15) is 63.1 Å². The number of carbonyl (C=O) groups is 1. The molecule has 2 aromatic rings. The van der Waals surface area contributed by atoms with Crippen LogP contribution in [0.3, 0.4) is 0 Å². The van der Waals surface area contributed by atoms with Gasteiger partial charge in [-0.05, 0) is 44.7 Å². The lowest BCUT2D eigenvalue weighted by Gasteiger charge is -2.36. The van der Waals surface area contributed by atoms with E-state index >= 15 is 0 Å². The summed E-state index contributed by atoms with van der Waals surface area (Å²) in [5.41, 5.74) is 1.97. The maximum atomic E-state index is 13.0. The van der Waals surface area contributed by atoms with Crippen molar-refractivity contribution in [2.75, 3.05) is 6.54 Å². The van der Waals surface area contributed by atoms with Crippen LogP contribution in [0.4, 0.5) is 4.79 Å². The van der Waals surface area contributed by atoms with E-state index in [1.165, 1.54) is 11.1 Å². The van der Waals surface area contributed by atoms with Crippen molar-refractivity contribution in [3.63, 3.8) is 0 Å². The van der Waals surface area contributed by atoms with Gasteiger partial charge in [0.25, 0.3) is 0 Å². The van der Waals surface area contributed by atoms with Gasteiger partial charge in [-0.1, -0.05) is 67.1 Å². The molecule has 26 heavy (non-hydrogen) atoms. The number of hydrogen-bond donors (Lipinski definition) is 0. The summed E-state index contributed by atoms with van der Waals surface area (Å²) in [6.07, 6.45) is 2.98. The van der Waals surface area contributed by atoms with Crippen molar-refractivity contribution in [2.45, 2.75) is 57.6 Å². The lowest BCUT2D eigenvalue weighted by Crippen LogP contribution is -2.41. The summed E-state index contributed by atoms with van der Waals surface area (Å²) in [6, 6.07) is 20.9. The third-order valence-electron chi connectivity index (χ3n) is 4.88. The molecule has 2 atom stereocenters. The molecule has 0 bridgehead atoms. The third kappa shape index (κ3) is 4.46. The molecule has 3 heteroatoms. The molecule has 2 unspecified atom stereocenters. The highest BCUT2D eigenvalue weighted by Crippen LogP contribution is 2.42. The van der Waals surface area contributed by atoms with Gasteiger partial charge >= 0.3 is 6.09 Å². The molecule has 0 radical (unpaired) electrons. The largest absolute Gasteiger partial charge is 0.444 e. The van der Waals surface area contributed by atoms with Crippen molar-refractivity contribution in [2.24, 2.45) is 0 Å². The number of benzene rings is 2. The minimum Gasteiger partial charge on any atom is -0.444 e. The average Bonchev–Trinajstić information content (AvgIpc) is 2.85. The van der Waals surface area contributed by atoms with Gasteiger partial charge in [-0.25, -0.2) is 4.79 Å². The first-order valence-corrected chi connectivity index (χ1v) is 9.55. The molecule has 0 aromatic heterocycles. The molecule has 1 heterocycles. The van der Waals surface area contributed by atoms with E-state index in [1.807, 2.05) is 37.8 Å². The molecule has 1 saturated heterocycles. The first-order chi connectivity index (χ1) is 12.5. The fourth-order valence-electron chi connectivity index (χ4n) is 3.80. The molecule has 2 aromatic carbocycles. The normalized spacial score (nSPS) is 21.1. The standard InChI is InChI=1S/C23H29NO2/c1-23(2,3)26-22(25)24-17-11-10-16-20(18-12-6-4-7-13-18)21(24)19-14-8-5-9-15-19/h4-9,12-15,20-21H,10-11,16-17H2,1-3H3. The van der Waals surface area contributed by atoms with Gasteiger partial charge in [0.1, 0.15) is 5.60 Å². The Morgan fingerprint density at radius 1 is 0.923 bits per heavy atom. The molecule has 138 valence electrons. The molecule has 1 aliphatic rings. The van der Waals surface area contributed by atoms with Gasteiger partial charge in [0.05, 0.1) is 6.04 Å². The van der Waals surface area contributed by atoms with Gasteiger partial charge in [0.15, 0.2) is 0 Å². The summed E-state index contributed by atoms with van der Waals surface area (Å²) < 4.78 is 5.76. The number of carbonyl (C=O) groups excluding carboxylic acids is 1. The van der Waals surface area contributed by atoms with Gasteiger partial charge in [-0.2, -0.15) is 0 Å². The molecular weight excluding hydrogens is 322 g/mol. The van der Waals surface area contributed by atoms with Crippen LogP contribution >= 0.6 is 0 Å². The maximum Gasteiger partial charge on any atom is 0.410 e. The van der Waals surface area contributed by atoms with Crippen molar-refractivity contribution < 1.29 is 9.53 Å². The Morgan fingerprint density at radius 3 is 2.08 bits per heavy atom. The monoisotopic (exact) mass is 351 g/mol. The Balaban J connectivity index is 2.02. The zero-order valence-electron chi connectivity index (χ0n) is 16.0. The Bertz CT molecular complexity index is 706.